The molecule has 0 atom stereocenters. The number of halogens is 5. The first kappa shape index (κ1) is 16.4. The van der Waals surface area contributed by atoms with Crippen molar-refractivity contribution in [2.45, 2.75) is 6.36 Å². The minimum Gasteiger partial charge on any atom is -1.00 e. The number of alkyl halides is 3. The third kappa shape index (κ3) is 5.66. The molecule has 7 heteroatoms. The zero-order chi connectivity index (χ0) is 9.19. The van der Waals surface area contributed by atoms with E-state index in [1.807, 2.05) is 0 Å². The fraction of sp³-hybridized carbons (Fsp3) is 0.143. The monoisotopic (exact) mass is 282 g/mol. The minimum atomic E-state index is -4.87. The third-order valence-corrected chi connectivity index (χ3v) is 1.00. The topological polar surface area (TPSA) is 9.23 Å². The molecule has 0 aliphatic rings. The zero-order valence-electron chi connectivity index (χ0n) is 6.74. The summed E-state index contributed by atoms with van der Waals surface area (Å²) in [6, 6.07) is 5.03. The first-order valence-electron chi connectivity index (χ1n) is 2.90. The molecule has 1 rings (SSSR count). The molecular formula is C7H3BrF4MgO. The van der Waals surface area contributed by atoms with Crippen molar-refractivity contribution in [3.63, 3.8) is 0 Å². The van der Waals surface area contributed by atoms with Gasteiger partial charge in [-0.1, -0.05) is 0 Å². The number of hydrogen-bond donors (Lipinski definition) is 0. The van der Waals surface area contributed by atoms with Crippen LogP contribution >= 0.6 is 0 Å². The van der Waals surface area contributed by atoms with Crippen molar-refractivity contribution < 1.29 is 39.3 Å². The van der Waals surface area contributed by atoms with Crippen LogP contribution in [0.1, 0.15) is 0 Å². The van der Waals surface area contributed by atoms with Crippen molar-refractivity contribution in [2.24, 2.45) is 0 Å². The maximum atomic E-state index is 12.5. The molecule has 0 fully saturated rings. The maximum Gasteiger partial charge on any atom is 2.00 e. The summed E-state index contributed by atoms with van der Waals surface area (Å²) in [4.78, 5) is 0. The molecule has 1 nitrogen and oxygen atoms in total. The van der Waals surface area contributed by atoms with E-state index >= 15 is 0 Å². The molecule has 0 unspecified atom stereocenters. The number of rotatable bonds is 1. The van der Waals surface area contributed by atoms with Crippen LogP contribution in [0.25, 0.3) is 0 Å². The number of benzene rings is 1. The van der Waals surface area contributed by atoms with Crippen LogP contribution in [0, 0.1) is 11.9 Å². The van der Waals surface area contributed by atoms with E-state index in [-0.39, 0.29) is 40.0 Å². The second kappa shape index (κ2) is 6.47. The van der Waals surface area contributed by atoms with Gasteiger partial charge in [-0.2, -0.15) is 12.1 Å². The summed E-state index contributed by atoms with van der Waals surface area (Å²) in [5, 5.41) is 0. The summed E-state index contributed by atoms with van der Waals surface area (Å²) in [6.07, 6.45) is -4.87. The second-order valence-corrected chi connectivity index (χ2v) is 1.90. The van der Waals surface area contributed by atoms with Crippen molar-refractivity contribution in [1.82, 2.24) is 0 Å². The smallest absolute Gasteiger partial charge is 1.00 e. The van der Waals surface area contributed by atoms with Crippen LogP contribution in [-0.4, -0.2) is 29.4 Å². The summed E-state index contributed by atoms with van der Waals surface area (Å²) in [6.45, 7) is 0. The van der Waals surface area contributed by atoms with Gasteiger partial charge < -0.3 is 21.7 Å². The quantitative estimate of drug-likeness (QED) is 0.371. The van der Waals surface area contributed by atoms with Gasteiger partial charge in [0.2, 0.25) is 0 Å². The SMILES string of the molecule is Fc1cc[c-]cc1OC(F)(F)F.[Br-].[Mg+2]. The molecule has 0 saturated heterocycles. The summed E-state index contributed by atoms with van der Waals surface area (Å²) < 4.78 is 50.4. The Hall–Kier alpha value is -0.0138. The number of ether oxygens (including phenoxy) is 1. The van der Waals surface area contributed by atoms with E-state index in [0.29, 0.717) is 0 Å². The van der Waals surface area contributed by atoms with Gasteiger partial charge in [0.25, 0.3) is 0 Å². The molecule has 1 aromatic rings. The van der Waals surface area contributed by atoms with E-state index in [2.05, 4.69) is 10.8 Å². The molecule has 74 valence electrons. The van der Waals surface area contributed by atoms with Crippen molar-refractivity contribution in [3.05, 3.63) is 30.1 Å². The fourth-order valence-electron chi connectivity index (χ4n) is 0.599. The van der Waals surface area contributed by atoms with Gasteiger partial charge in [-0.25, -0.2) is 4.39 Å². The van der Waals surface area contributed by atoms with Gasteiger partial charge >= 0.3 is 29.4 Å². The third-order valence-electron chi connectivity index (χ3n) is 1.00. The second-order valence-electron chi connectivity index (χ2n) is 1.90. The molecule has 0 aliphatic carbocycles. The van der Waals surface area contributed by atoms with Gasteiger partial charge in [-0.05, 0) is 0 Å². The number of hydrogen-bond acceptors (Lipinski definition) is 1. The Morgan fingerprint density at radius 3 is 2.29 bits per heavy atom. The molecule has 0 bridgehead atoms. The zero-order valence-corrected chi connectivity index (χ0v) is 9.74. The van der Waals surface area contributed by atoms with Gasteiger partial charge in [0.05, 0.1) is 11.6 Å². The standard InChI is InChI=1S/C7H3F4O.BrH.Mg/c8-5-3-1-2-4-6(5)12-7(9,10)11;;/h1,3-4H;1H;/q-1;;+2/p-1. The van der Waals surface area contributed by atoms with Crippen LogP contribution in [0.3, 0.4) is 0 Å². The van der Waals surface area contributed by atoms with Crippen molar-refractivity contribution >= 4 is 23.1 Å². The molecule has 0 radical (unpaired) electrons. The van der Waals surface area contributed by atoms with E-state index in [9.17, 15) is 17.6 Å². The van der Waals surface area contributed by atoms with Crippen LogP contribution < -0.4 is 21.7 Å². The molecule has 0 spiro atoms. The van der Waals surface area contributed by atoms with Crippen LogP contribution in [0.4, 0.5) is 17.6 Å². The molecule has 0 N–H and O–H groups in total. The van der Waals surface area contributed by atoms with Gasteiger partial charge in [-0.3, -0.25) is 0 Å². The summed E-state index contributed by atoms with van der Waals surface area (Å²) >= 11 is 0. The summed E-state index contributed by atoms with van der Waals surface area (Å²) in [5.74, 6) is -1.93. The Morgan fingerprint density at radius 2 is 1.86 bits per heavy atom. The Kier molecular flexibility index (Phi) is 7.58. The average Bonchev–Trinajstić information content (AvgIpc) is 1.91. The van der Waals surface area contributed by atoms with Gasteiger partial charge in [0.15, 0.2) is 0 Å². The Balaban J connectivity index is 0. The average molecular weight is 283 g/mol. The van der Waals surface area contributed by atoms with Crippen LogP contribution in [0.2, 0.25) is 0 Å². The Morgan fingerprint density at radius 1 is 1.29 bits per heavy atom. The molecule has 0 aliphatic heterocycles. The van der Waals surface area contributed by atoms with Gasteiger partial charge in [0.1, 0.15) is 0 Å². The molecule has 1 aromatic carbocycles. The predicted octanol–water partition coefficient (Wildman–Crippen LogP) is -0.852. The van der Waals surface area contributed by atoms with Crippen molar-refractivity contribution in [2.75, 3.05) is 0 Å². The molecule has 14 heavy (non-hydrogen) atoms. The predicted molar refractivity (Wildman–Crippen MR) is 37.7 cm³/mol. The van der Waals surface area contributed by atoms with E-state index in [4.69, 9.17) is 0 Å². The minimum absolute atomic E-state index is 0. The largest absolute Gasteiger partial charge is 2.00 e. The van der Waals surface area contributed by atoms with Crippen LogP contribution in [0.15, 0.2) is 18.2 Å². The molecule has 0 heterocycles. The van der Waals surface area contributed by atoms with E-state index in [0.717, 1.165) is 18.2 Å². The Labute approximate surface area is 104 Å². The van der Waals surface area contributed by atoms with E-state index in [1.165, 1.54) is 0 Å². The first-order valence-corrected chi connectivity index (χ1v) is 2.90. The maximum absolute atomic E-state index is 12.5. The van der Waals surface area contributed by atoms with Gasteiger partial charge in [-0.15, -0.1) is 25.3 Å². The normalized spacial score (nSPS) is 9.71. The summed E-state index contributed by atoms with van der Waals surface area (Å²) in [5.41, 5.74) is 0. The van der Waals surface area contributed by atoms with Crippen LogP contribution in [-0.2, 0) is 0 Å². The molecular weight excluding hydrogens is 280 g/mol. The van der Waals surface area contributed by atoms with Gasteiger partial charge in [0, 0.05) is 0 Å². The van der Waals surface area contributed by atoms with Crippen LogP contribution in [0.5, 0.6) is 5.75 Å². The molecule has 0 aromatic heterocycles. The van der Waals surface area contributed by atoms with Crippen molar-refractivity contribution in [1.29, 1.82) is 0 Å². The van der Waals surface area contributed by atoms with E-state index < -0.39 is 17.9 Å². The summed E-state index contributed by atoms with van der Waals surface area (Å²) in [7, 11) is 0. The van der Waals surface area contributed by atoms with E-state index in [1.54, 1.807) is 0 Å². The fourth-order valence-corrected chi connectivity index (χ4v) is 0.599. The first-order chi connectivity index (χ1) is 5.49. The van der Waals surface area contributed by atoms with Crippen molar-refractivity contribution in [3.8, 4) is 5.75 Å². The Bertz CT molecular complexity index is 279. The molecule has 0 amide bonds. The molecule has 0 saturated carbocycles.